The quantitative estimate of drug-likeness (QED) is 0.531. The Labute approximate surface area is 66.7 Å². The molecular formula is C7H16O4. The largest absolute Gasteiger partial charge is 0.394 e. The molecule has 11 heavy (non-hydrogen) atoms. The van der Waals surface area contributed by atoms with Crippen molar-refractivity contribution in [3.05, 3.63) is 0 Å². The van der Waals surface area contributed by atoms with Crippen LogP contribution in [0.4, 0.5) is 0 Å². The van der Waals surface area contributed by atoms with E-state index in [0.29, 0.717) is 6.42 Å². The van der Waals surface area contributed by atoms with E-state index in [4.69, 9.17) is 19.7 Å². The van der Waals surface area contributed by atoms with Gasteiger partial charge >= 0.3 is 0 Å². The van der Waals surface area contributed by atoms with Gasteiger partial charge in [0, 0.05) is 7.11 Å². The number of aliphatic hydroxyl groups excluding tert-OH is 2. The Bertz CT molecular complexity index is 68.5. The first-order valence-corrected chi connectivity index (χ1v) is 3.68. The maximum atomic E-state index is 8.70. The van der Waals surface area contributed by atoms with Crippen LogP contribution in [0, 0.1) is 0 Å². The van der Waals surface area contributed by atoms with E-state index in [2.05, 4.69) is 0 Å². The first kappa shape index (κ1) is 10.8. The molecule has 0 rings (SSSR count). The summed E-state index contributed by atoms with van der Waals surface area (Å²) in [6.45, 7) is 1.66. The molecule has 0 saturated carbocycles. The van der Waals surface area contributed by atoms with Crippen LogP contribution >= 0.6 is 0 Å². The predicted molar refractivity (Wildman–Crippen MR) is 40.1 cm³/mol. The monoisotopic (exact) mass is 164 g/mol. The number of rotatable bonds is 6. The molecule has 0 amide bonds. The molecule has 0 fully saturated rings. The molecule has 0 aliphatic rings. The summed E-state index contributed by atoms with van der Waals surface area (Å²) in [6, 6.07) is 0. The van der Waals surface area contributed by atoms with Crippen LogP contribution in [-0.4, -0.2) is 42.9 Å². The summed E-state index contributed by atoms with van der Waals surface area (Å²) < 4.78 is 9.88. The normalized spacial score (nSPS) is 16.4. The second kappa shape index (κ2) is 6.54. The van der Waals surface area contributed by atoms with Crippen molar-refractivity contribution in [3.8, 4) is 0 Å². The lowest BCUT2D eigenvalue weighted by molar-refractivity contribution is -0.181. The number of aliphatic hydroxyl groups is 2. The van der Waals surface area contributed by atoms with E-state index in [1.165, 1.54) is 7.11 Å². The van der Waals surface area contributed by atoms with Crippen LogP contribution in [0.15, 0.2) is 0 Å². The fourth-order valence-electron chi connectivity index (χ4n) is 0.656. The van der Waals surface area contributed by atoms with Crippen molar-refractivity contribution in [1.82, 2.24) is 0 Å². The molecular weight excluding hydrogens is 148 g/mol. The van der Waals surface area contributed by atoms with Crippen molar-refractivity contribution >= 4 is 0 Å². The minimum Gasteiger partial charge on any atom is -0.394 e. The topological polar surface area (TPSA) is 58.9 Å². The Kier molecular flexibility index (Phi) is 6.45. The second-order valence-corrected chi connectivity index (χ2v) is 2.20. The number of hydrogen-bond donors (Lipinski definition) is 2. The van der Waals surface area contributed by atoms with Crippen LogP contribution in [0.2, 0.25) is 0 Å². The summed E-state index contributed by atoms with van der Waals surface area (Å²) in [7, 11) is 1.45. The number of hydrogen-bond acceptors (Lipinski definition) is 4. The SMILES string of the molecule is CCC(CO)OC(CO)OC. The van der Waals surface area contributed by atoms with E-state index < -0.39 is 6.29 Å². The minimum atomic E-state index is -0.618. The van der Waals surface area contributed by atoms with E-state index in [0.717, 1.165) is 0 Å². The summed E-state index contributed by atoms with van der Waals surface area (Å²) in [5.41, 5.74) is 0. The van der Waals surface area contributed by atoms with Crippen molar-refractivity contribution in [3.63, 3.8) is 0 Å². The molecule has 0 spiro atoms. The average molecular weight is 164 g/mol. The number of methoxy groups -OCH3 is 1. The lowest BCUT2D eigenvalue weighted by Gasteiger charge is -2.19. The standard InChI is InChI=1S/C7H16O4/c1-3-6(4-8)11-7(5-9)10-2/h6-9H,3-5H2,1-2H3. The van der Waals surface area contributed by atoms with Crippen LogP contribution in [-0.2, 0) is 9.47 Å². The molecule has 4 heteroatoms. The molecule has 0 aromatic carbocycles. The summed E-state index contributed by atoms with van der Waals surface area (Å²) >= 11 is 0. The molecule has 2 unspecified atom stereocenters. The van der Waals surface area contributed by atoms with Crippen LogP contribution in [0.25, 0.3) is 0 Å². The molecule has 2 atom stereocenters. The second-order valence-electron chi connectivity index (χ2n) is 2.20. The zero-order valence-corrected chi connectivity index (χ0v) is 6.99. The van der Waals surface area contributed by atoms with E-state index in [-0.39, 0.29) is 19.3 Å². The third kappa shape index (κ3) is 4.31. The van der Waals surface area contributed by atoms with Gasteiger partial charge in [-0.3, -0.25) is 0 Å². The molecule has 0 aliphatic heterocycles. The molecule has 0 aromatic heterocycles. The lowest BCUT2D eigenvalue weighted by Crippen LogP contribution is -2.28. The molecule has 0 saturated heterocycles. The van der Waals surface area contributed by atoms with Gasteiger partial charge in [-0.1, -0.05) is 6.92 Å². The van der Waals surface area contributed by atoms with Crippen molar-refractivity contribution < 1.29 is 19.7 Å². The zero-order chi connectivity index (χ0) is 8.69. The molecule has 0 aliphatic carbocycles. The predicted octanol–water partition coefficient (Wildman–Crippen LogP) is -0.261. The van der Waals surface area contributed by atoms with Gasteiger partial charge in [-0.25, -0.2) is 0 Å². The van der Waals surface area contributed by atoms with Gasteiger partial charge in [-0.15, -0.1) is 0 Å². The first-order chi connectivity index (χ1) is 5.28. The van der Waals surface area contributed by atoms with Crippen LogP contribution in [0.5, 0.6) is 0 Å². The third-order valence-electron chi connectivity index (χ3n) is 1.42. The molecule has 4 nitrogen and oxygen atoms in total. The Morgan fingerprint density at radius 2 is 1.91 bits per heavy atom. The van der Waals surface area contributed by atoms with E-state index >= 15 is 0 Å². The van der Waals surface area contributed by atoms with Gasteiger partial charge in [0.2, 0.25) is 0 Å². The van der Waals surface area contributed by atoms with Gasteiger partial charge in [0.25, 0.3) is 0 Å². The smallest absolute Gasteiger partial charge is 0.180 e. The Hall–Kier alpha value is -0.160. The molecule has 2 N–H and O–H groups in total. The maximum absolute atomic E-state index is 8.70. The Morgan fingerprint density at radius 3 is 2.18 bits per heavy atom. The van der Waals surface area contributed by atoms with E-state index in [1.54, 1.807) is 0 Å². The van der Waals surface area contributed by atoms with Crippen molar-refractivity contribution in [2.24, 2.45) is 0 Å². The van der Waals surface area contributed by atoms with Crippen LogP contribution < -0.4 is 0 Å². The molecule has 68 valence electrons. The van der Waals surface area contributed by atoms with Gasteiger partial charge in [0.1, 0.15) is 0 Å². The van der Waals surface area contributed by atoms with Gasteiger partial charge in [-0.2, -0.15) is 0 Å². The first-order valence-electron chi connectivity index (χ1n) is 3.68. The van der Waals surface area contributed by atoms with Crippen LogP contribution in [0.1, 0.15) is 13.3 Å². The highest BCUT2D eigenvalue weighted by Crippen LogP contribution is 2.01. The molecule has 0 bridgehead atoms. The number of ether oxygens (including phenoxy) is 2. The molecule has 0 heterocycles. The van der Waals surface area contributed by atoms with E-state index in [9.17, 15) is 0 Å². The highest BCUT2D eigenvalue weighted by atomic mass is 16.7. The van der Waals surface area contributed by atoms with E-state index in [1.807, 2.05) is 6.92 Å². The van der Waals surface area contributed by atoms with Gasteiger partial charge in [0.05, 0.1) is 19.3 Å². The average Bonchev–Trinajstić information content (AvgIpc) is 2.07. The Morgan fingerprint density at radius 1 is 1.27 bits per heavy atom. The third-order valence-corrected chi connectivity index (χ3v) is 1.42. The minimum absolute atomic E-state index is 0.0453. The van der Waals surface area contributed by atoms with Crippen molar-refractivity contribution in [2.45, 2.75) is 25.7 Å². The van der Waals surface area contributed by atoms with Crippen LogP contribution in [0.3, 0.4) is 0 Å². The van der Waals surface area contributed by atoms with Gasteiger partial charge < -0.3 is 19.7 Å². The fraction of sp³-hybridized carbons (Fsp3) is 1.00. The summed E-state index contributed by atoms with van der Waals surface area (Å²) in [5.74, 6) is 0. The highest BCUT2D eigenvalue weighted by molar-refractivity contribution is 4.53. The maximum Gasteiger partial charge on any atom is 0.180 e. The van der Waals surface area contributed by atoms with Gasteiger partial charge in [-0.05, 0) is 6.42 Å². The van der Waals surface area contributed by atoms with Crippen molar-refractivity contribution in [1.29, 1.82) is 0 Å². The lowest BCUT2D eigenvalue weighted by atomic mass is 10.3. The molecule has 0 radical (unpaired) electrons. The molecule has 0 aromatic rings. The zero-order valence-electron chi connectivity index (χ0n) is 6.99. The van der Waals surface area contributed by atoms with Crippen molar-refractivity contribution in [2.75, 3.05) is 20.3 Å². The summed E-state index contributed by atoms with van der Waals surface area (Å²) in [5, 5.41) is 17.3. The fourth-order valence-corrected chi connectivity index (χ4v) is 0.656. The summed E-state index contributed by atoms with van der Waals surface area (Å²) in [6.07, 6.45) is -0.157. The van der Waals surface area contributed by atoms with Gasteiger partial charge in [0.15, 0.2) is 6.29 Å². The highest BCUT2D eigenvalue weighted by Gasteiger charge is 2.12. The Balaban J connectivity index is 3.58. The summed E-state index contributed by atoms with van der Waals surface area (Å²) in [4.78, 5) is 0.